The van der Waals surface area contributed by atoms with Gasteiger partial charge in [0.1, 0.15) is 18.2 Å². The minimum atomic E-state index is 0.401. The van der Waals surface area contributed by atoms with Gasteiger partial charge in [-0.2, -0.15) is 0 Å². The fourth-order valence-corrected chi connectivity index (χ4v) is 2.71. The smallest absolute Gasteiger partial charge is 0.158 e. The number of hydrogen-bond acceptors (Lipinski definition) is 6. The number of aromatic nitrogens is 2. The average Bonchev–Trinajstić information content (AvgIpc) is 2.99. The molecular formula is C14H25N5O. The van der Waals surface area contributed by atoms with Crippen LogP contribution >= 0.6 is 0 Å². The van der Waals surface area contributed by atoms with E-state index in [1.54, 1.807) is 0 Å². The van der Waals surface area contributed by atoms with Crippen LogP contribution in [0.25, 0.3) is 0 Å². The van der Waals surface area contributed by atoms with Gasteiger partial charge in [-0.1, -0.05) is 12.8 Å². The SMILES string of the molecule is CCOCc1nc(NN)cc(NC(C)C2CCCC2)n1. The molecule has 2 rings (SSSR count). The number of nitrogen functional groups attached to an aromatic ring is 1. The van der Waals surface area contributed by atoms with Gasteiger partial charge in [-0.3, -0.25) is 0 Å². The number of hydrazine groups is 1. The van der Waals surface area contributed by atoms with Gasteiger partial charge in [0.15, 0.2) is 5.82 Å². The molecule has 6 nitrogen and oxygen atoms in total. The first-order valence-corrected chi connectivity index (χ1v) is 7.41. The normalized spacial score (nSPS) is 17.1. The molecule has 1 fully saturated rings. The molecule has 0 bridgehead atoms. The fraction of sp³-hybridized carbons (Fsp3) is 0.714. The Kier molecular flexibility index (Phi) is 5.55. The summed E-state index contributed by atoms with van der Waals surface area (Å²) < 4.78 is 5.36. The lowest BCUT2D eigenvalue weighted by atomic mass is 10.00. The van der Waals surface area contributed by atoms with Crippen molar-refractivity contribution in [2.24, 2.45) is 11.8 Å². The first kappa shape index (κ1) is 15.0. The molecule has 6 heteroatoms. The van der Waals surface area contributed by atoms with E-state index in [4.69, 9.17) is 10.6 Å². The Bertz CT molecular complexity index is 420. The molecule has 1 aliphatic rings. The molecule has 112 valence electrons. The summed E-state index contributed by atoms with van der Waals surface area (Å²) >= 11 is 0. The second-order valence-corrected chi connectivity index (χ2v) is 5.31. The number of nitrogens with one attached hydrogen (secondary N) is 2. The van der Waals surface area contributed by atoms with E-state index >= 15 is 0 Å². The van der Waals surface area contributed by atoms with Crippen molar-refractivity contribution in [1.82, 2.24) is 9.97 Å². The Morgan fingerprint density at radius 1 is 1.35 bits per heavy atom. The van der Waals surface area contributed by atoms with Crippen LogP contribution in [0.5, 0.6) is 0 Å². The summed E-state index contributed by atoms with van der Waals surface area (Å²) in [4.78, 5) is 8.77. The maximum absolute atomic E-state index is 5.46. The van der Waals surface area contributed by atoms with Crippen LogP contribution in [-0.4, -0.2) is 22.6 Å². The molecule has 1 saturated carbocycles. The van der Waals surface area contributed by atoms with E-state index in [1.165, 1.54) is 25.7 Å². The van der Waals surface area contributed by atoms with Crippen molar-refractivity contribution in [2.75, 3.05) is 17.3 Å². The van der Waals surface area contributed by atoms with Crippen molar-refractivity contribution >= 4 is 11.6 Å². The van der Waals surface area contributed by atoms with Gasteiger partial charge in [0, 0.05) is 18.7 Å². The first-order valence-electron chi connectivity index (χ1n) is 7.41. The van der Waals surface area contributed by atoms with Gasteiger partial charge in [-0.05, 0) is 32.6 Å². The van der Waals surface area contributed by atoms with Crippen LogP contribution in [-0.2, 0) is 11.3 Å². The molecule has 1 aromatic rings. The minimum Gasteiger partial charge on any atom is -0.374 e. The Morgan fingerprint density at radius 2 is 2.05 bits per heavy atom. The molecule has 0 aliphatic heterocycles. The number of nitrogens with two attached hydrogens (primary N) is 1. The molecule has 1 aromatic heterocycles. The van der Waals surface area contributed by atoms with Gasteiger partial charge < -0.3 is 15.5 Å². The monoisotopic (exact) mass is 279 g/mol. The predicted octanol–water partition coefficient (Wildman–Crippen LogP) is 2.29. The highest BCUT2D eigenvalue weighted by atomic mass is 16.5. The van der Waals surface area contributed by atoms with E-state index in [0.717, 1.165) is 11.7 Å². The number of anilines is 2. The number of hydrogen-bond donors (Lipinski definition) is 3. The standard InChI is InChI=1S/C14H25N5O/c1-3-20-9-14-17-12(8-13(18-14)19-15)16-10(2)11-6-4-5-7-11/h8,10-11H,3-7,9,15H2,1-2H3,(H2,16,17,18,19). The molecule has 20 heavy (non-hydrogen) atoms. The van der Waals surface area contributed by atoms with E-state index in [2.05, 4.69) is 27.6 Å². The Hall–Kier alpha value is -1.40. The summed E-state index contributed by atoms with van der Waals surface area (Å²) in [6, 6.07) is 2.25. The molecule has 1 heterocycles. The van der Waals surface area contributed by atoms with E-state index in [-0.39, 0.29) is 0 Å². The van der Waals surface area contributed by atoms with Crippen LogP contribution in [0, 0.1) is 5.92 Å². The van der Waals surface area contributed by atoms with Gasteiger partial charge in [-0.25, -0.2) is 15.8 Å². The molecule has 1 atom stereocenters. The molecule has 1 aliphatic carbocycles. The number of ether oxygens (including phenoxy) is 1. The highest BCUT2D eigenvalue weighted by Crippen LogP contribution is 2.29. The Balaban J connectivity index is 2.04. The van der Waals surface area contributed by atoms with Gasteiger partial charge >= 0.3 is 0 Å². The summed E-state index contributed by atoms with van der Waals surface area (Å²) in [6.45, 7) is 5.21. The highest BCUT2D eigenvalue weighted by Gasteiger charge is 2.21. The Labute approximate surface area is 120 Å². The Morgan fingerprint density at radius 3 is 2.70 bits per heavy atom. The second-order valence-electron chi connectivity index (χ2n) is 5.31. The van der Waals surface area contributed by atoms with Gasteiger partial charge in [0.25, 0.3) is 0 Å². The summed E-state index contributed by atoms with van der Waals surface area (Å²) in [6.07, 6.45) is 5.28. The zero-order chi connectivity index (χ0) is 14.4. The largest absolute Gasteiger partial charge is 0.374 e. The van der Waals surface area contributed by atoms with Crippen molar-refractivity contribution < 1.29 is 4.74 Å². The zero-order valence-electron chi connectivity index (χ0n) is 12.4. The summed E-state index contributed by atoms with van der Waals surface area (Å²) in [5.41, 5.74) is 2.58. The maximum Gasteiger partial charge on any atom is 0.158 e. The lowest BCUT2D eigenvalue weighted by molar-refractivity contribution is 0.128. The summed E-state index contributed by atoms with van der Waals surface area (Å²) in [7, 11) is 0. The predicted molar refractivity (Wildman–Crippen MR) is 80.2 cm³/mol. The zero-order valence-corrected chi connectivity index (χ0v) is 12.4. The van der Waals surface area contributed by atoms with Crippen molar-refractivity contribution in [2.45, 2.75) is 52.2 Å². The first-order chi connectivity index (χ1) is 9.72. The second kappa shape index (κ2) is 7.40. The van der Waals surface area contributed by atoms with Crippen LogP contribution in [0.15, 0.2) is 6.07 Å². The molecule has 0 spiro atoms. The van der Waals surface area contributed by atoms with Crippen LogP contribution in [0.4, 0.5) is 11.6 Å². The van der Waals surface area contributed by atoms with Crippen LogP contribution in [0.1, 0.15) is 45.4 Å². The average molecular weight is 279 g/mol. The summed E-state index contributed by atoms with van der Waals surface area (Å²) in [5, 5.41) is 3.47. The number of rotatable bonds is 7. The summed E-state index contributed by atoms with van der Waals surface area (Å²) in [5.74, 6) is 8.25. The van der Waals surface area contributed by atoms with Crippen molar-refractivity contribution in [3.63, 3.8) is 0 Å². The third-order valence-corrected chi connectivity index (χ3v) is 3.84. The van der Waals surface area contributed by atoms with Crippen molar-refractivity contribution in [1.29, 1.82) is 0 Å². The number of nitrogens with zero attached hydrogens (tertiary/aromatic N) is 2. The quantitative estimate of drug-likeness (QED) is 0.524. The van der Waals surface area contributed by atoms with Gasteiger partial charge in [0.2, 0.25) is 0 Å². The van der Waals surface area contributed by atoms with E-state index < -0.39 is 0 Å². The lowest BCUT2D eigenvalue weighted by Gasteiger charge is -2.21. The van der Waals surface area contributed by atoms with Crippen LogP contribution in [0.3, 0.4) is 0 Å². The minimum absolute atomic E-state index is 0.401. The topological polar surface area (TPSA) is 85.1 Å². The molecule has 0 saturated heterocycles. The molecule has 0 radical (unpaired) electrons. The van der Waals surface area contributed by atoms with E-state index in [1.807, 2.05) is 13.0 Å². The van der Waals surface area contributed by atoms with Gasteiger partial charge in [0.05, 0.1) is 0 Å². The lowest BCUT2D eigenvalue weighted by Crippen LogP contribution is -2.25. The molecule has 1 unspecified atom stereocenters. The van der Waals surface area contributed by atoms with Crippen LogP contribution < -0.4 is 16.6 Å². The van der Waals surface area contributed by atoms with Crippen LogP contribution in [0.2, 0.25) is 0 Å². The maximum atomic E-state index is 5.46. The molecular weight excluding hydrogens is 254 g/mol. The molecule has 4 N–H and O–H groups in total. The van der Waals surface area contributed by atoms with Crippen molar-refractivity contribution in [3.8, 4) is 0 Å². The van der Waals surface area contributed by atoms with Gasteiger partial charge in [-0.15, -0.1) is 0 Å². The molecule has 0 amide bonds. The van der Waals surface area contributed by atoms with Crippen molar-refractivity contribution in [3.05, 3.63) is 11.9 Å². The fourth-order valence-electron chi connectivity index (χ4n) is 2.71. The highest BCUT2D eigenvalue weighted by molar-refractivity contribution is 5.47. The van der Waals surface area contributed by atoms with E-state index in [9.17, 15) is 0 Å². The van der Waals surface area contributed by atoms with E-state index in [0.29, 0.717) is 30.9 Å². The third-order valence-electron chi connectivity index (χ3n) is 3.84. The molecule has 0 aromatic carbocycles. The third kappa shape index (κ3) is 4.05.